The fraction of sp³-hybridized carbons (Fsp3) is 0.588. The summed E-state index contributed by atoms with van der Waals surface area (Å²) in [5.74, 6) is 3.74. The van der Waals surface area contributed by atoms with Crippen molar-refractivity contribution in [3.63, 3.8) is 0 Å². The molecule has 7 heteroatoms. The van der Waals surface area contributed by atoms with Crippen LogP contribution in [0.3, 0.4) is 0 Å². The van der Waals surface area contributed by atoms with E-state index in [1.165, 1.54) is 6.42 Å². The molecule has 24 heavy (non-hydrogen) atoms. The van der Waals surface area contributed by atoms with E-state index in [2.05, 4.69) is 33.9 Å². The highest BCUT2D eigenvalue weighted by Crippen LogP contribution is 2.25. The van der Waals surface area contributed by atoms with Crippen molar-refractivity contribution in [1.82, 2.24) is 10.2 Å². The van der Waals surface area contributed by atoms with Crippen LogP contribution in [-0.2, 0) is 6.54 Å². The SMILES string of the molecule is CCC1CN(C(=NC)NCc2ccc(OC)cc2OC)CCS1.I. The van der Waals surface area contributed by atoms with Crippen LogP contribution in [0.2, 0.25) is 0 Å². The van der Waals surface area contributed by atoms with Crippen LogP contribution in [-0.4, -0.2) is 56.2 Å². The summed E-state index contributed by atoms with van der Waals surface area (Å²) >= 11 is 2.06. The molecule has 136 valence electrons. The van der Waals surface area contributed by atoms with Crippen molar-refractivity contribution in [3.05, 3.63) is 23.8 Å². The Kier molecular flexibility index (Phi) is 9.65. The molecule has 1 aliphatic rings. The normalized spacial score (nSPS) is 17.9. The average Bonchev–Trinajstić information content (AvgIpc) is 2.62. The minimum absolute atomic E-state index is 0. The van der Waals surface area contributed by atoms with Gasteiger partial charge in [-0.25, -0.2) is 0 Å². The van der Waals surface area contributed by atoms with Crippen LogP contribution in [0.25, 0.3) is 0 Å². The third-order valence-electron chi connectivity index (χ3n) is 4.04. The Morgan fingerprint density at radius 2 is 2.17 bits per heavy atom. The van der Waals surface area contributed by atoms with Crippen LogP contribution in [0.5, 0.6) is 11.5 Å². The fourth-order valence-electron chi connectivity index (χ4n) is 2.66. The second-order valence-corrected chi connectivity index (χ2v) is 6.83. The van der Waals surface area contributed by atoms with Crippen molar-refractivity contribution in [3.8, 4) is 11.5 Å². The summed E-state index contributed by atoms with van der Waals surface area (Å²) in [5.41, 5.74) is 1.09. The lowest BCUT2D eigenvalue weighted by Gasteiger charge is -2.34. The largest absolute Gasteiger partial charge is 0.497 e. The van der Waals surface area contributed by atoms with Crippen molar-refractivity contribution in [2.45, 2.75) is 25.1 Å². The molecular formula is C17H28IN3O2S. The number of methoxy groups -OCH3 is 2. The number of guanidine groups is 1. The molecular weight excluding hydrogens is 437 g/mol. The number of nitrogens with one attached hydrogen (secondary N) is 1. The number of halogens is 1. The van der Waals surface area contributed by atoms with E-state index in [-0.39, 0.29) is 24.0 Å². The highest BCUT2D eigenvalue weighted by molar-refractivity contribution is 14.0. The van der Waals surface area contributed by atoms with Gasteiger partial charge in [0.2, 0.25) is 0 Å². The van der Waals surface area contributed by atoms with Crippen molar-refractivity contribution in [2.75, 3.05) is 40.1 Å². The first kappa shape index (κ1) is 21.2. The van der Waals surface area contributed by atoms with E-state index < -0.39 is 0 Å². The number of hydrogen-bond acceptors (Lipinski definition) is 4. The standard InChI is InChI=1S/C17H27N3O2S.HI/c1-5-15-12-20(8-9-23-15)17(18-2)19-11-13-6-7-14(21-3)10-16(13)22-4;/h6-7,10,15H,5,8-9,11-12H2,1-4H3,(H,18,19);1H. The van der Waals surface area contributed by atoms with Gasteiger partial charge in [0.05, 0.1) is 14.2 Å². The number of benzene rings is 1. The zero-order valence-corrected chi connectivity index (χ0v) is 18.0. The van der Waals surface area contributed by atoms with Crippen LogP contribution < -0.4 is 14.8 Å². The Morgan fingerprint density at radius 1 is 1.38 bits per heavy atom. The summed E-state index contributed by atoms with van der Waals surface area (Å²) in [6, 6.07) is 5.89. The third kappa shape index (κ3) is 5.61. The lowest BCUT2D eigenvalue weighted by Crippen LogP contribution is -2.47. The summed E-state index contributed by atoms with van der Waals surface area (Å²) in [6.07, 6.45) is 1.20. The Morgan fingerprint density at radius 3 is 2.79 bits per heavy atom. The summed E-state index contributed by atoms with van der Waals surface area (Å²) in [4.78, 5) is 6.79. The molecule has 0 amide bonds. The minimum Gasteiger partial charge on any atom is -0.497 e. The zero-order chi connectivity index (χ0) is 16.7. The molecule has 0 aromatic heterocycles. The molecule has 0 saturated carbocycles. The van der Waals surface area contributed by atoms with Gasteiger partial charge in [0.15, 0.2) is 5.96 Å². The third-order valence-corrected chi connectivity index (χ3v) is 5.41. The minimum atomic E-state index is 0. The number of nitrogens with zero attached hydrogens (tertiary/aromatic N) is 2. The van der Waals surface area contributed by atoms with Crippen molar-refractivity contribution in [1.29, 1.82) is 0 Å². The fourth-order valence-corrected chi connectivity index (χ4v) is 3.84. The number of thioether (sulfide) groups is 1. The number of rotatable bonds is 5. The van der Waals surface area contributed by atoms with Crippen LogP contribution >= 0.6 is 35.7 Å². The first-order valence-corrected chi connectivity index (χ1v) is 9.04. The molecule has 0 spiro atoms. The first-order chi connectivity index (χ1) is 11.2. The highest BCUT2D eigenvalue weighted by Gasteiger charge is 2.21. The monoisotopic (exact) mass is 465 g/mol. The van der Waals surface area contributed by atoms with Crippen molar-refractivity contribution >= 4 is 41.7 Å². The van der Waals surface area contributed by atoms with Crippen LogP contribution in [0.15, 0.2) is 23.2 Å². The lowest BCUT2D eigenvalue weighted by molar-refractivity contribution is 0.388. The zero-order valence-electron chi connectivity index (χ0n) is 14.9. The predicted molar refractivity (Wildman–Crippen MR) is 113 cm³/mol. The van der Waals surface area contributed by atoms with Gasteiger partial charge in [-0.05, 0) is 18.6 Å². The smallest absolute Gasteiger partial charge is 0.193 e. The summed E-state index contributed by atoms with van der Waals surface area (Å²) < 4.78 is 10.7. The topological polar surface area (TPSA) is 46.1 Å². The van der Waals surface area contributed by atoms with Gasteiger partial charge in [-0.2, -0.15) is 11.8 Å². The van der Waals surface area contributed by atoms with Gasteiger partial charge in [-0.1, -0.05) is 6.92 Å². The number of hydrogen-bond donors (Lipinski definition) is 1. The molecule has 1 aromatic rings. The maximum atomic E-state index is 5.46. The molecule has 1 atom stereocenters. The molecule has 1 fully saturated rings. The second-order valence-electron chi connectivity index (χ2n) is 5.43. The lowest BCUT2D eigenvalue weighted by atomic mass is 10.2. The molecule has 5 nitrogen and oxygen atoms in total. The Hall–Kier alpha value is -0.830. The summed E-state index contributed by atoms with van der Waals surface area (Å²) in [6.45, 7) is 5.03. The van der Waals surface area contributed by atoms with Gasteiger partial charge in [0.25, 0.3) is 0 Å². The first-order valence-electron chi connectivity index (χ1n) is 7.99. The van der Waals surface area contributed by atoms with Crippen LogP contribution in [0.1, 0.15) is 18.9 Å². The number of ether oxygens (including phenoxy) is 2. The van der Waals surface area contributed by atoms with Crippen molar-refractivity contribution in [2.24, 2.45) is 4.99 Å². The quantitative estimate of drug-likeness (QED) is 0.411. The van der Waals surface area contributed by atoms with E-state index in [0.717, 1.165) is 41.9 Å². The van der Waals surface area contributed by atoms with Crippen LogP contribution in [0.4, 0.5) is 0 Å². The van der Waals surface area contributed by atoms with Crippen molar-refractivity contribution < 1.29 is 9.47 Å². The van der Waals surface area contributed by atoms with Gasteiger partial charge < -0.3 is 19.7 Å². The predicted octanol–water partition coefficient (Wildman–Crippen LogP) is 3.22. The summed E-state index contributed by atoms with van der Waals surface area (Å²) in [7, 11) is 5.18. The van der Waals surface area contributed by atoms with Gasteiger partial charge in [0, 0.05) is 49.3 Å². The van der Waals surface area contributed by atoms with Crippen LogP contribution in [0, 0.1) is 0 Å². The molecule has 1 aliphatic heterocycles. The highest BCUT2D eigenvalue weighted by atomic mass is 127. The van der Waals surface area contributed by atoms with Gasteiger partial charge >= 0.3 is 0 Å². The molecule has 1 unspecified atom stereocenters. The molecule has 0 bridgehead atoms. The summed E-state index contributed by atoms with van der Waals surface area (Å²) in [5, 5.41) is 4.15. The average molecular weight is 465 g/mol. The maximum Gasteiger partial charge on any atom is 0.193 e. The Balaban J connectivity index is 0.00000288. The van der Waals surface area contributed by atoms with E-state index in [1.807, 2.05) is 25.2 Å². The van der Waals surface area contributed by atoms with E-state index in [9.17, 15) is 0 Å². The second kappa shape index (κ2) is 10.9. The number of aliphatic imine (C=N–C) groups is 1. The van der Waals surface area contributed by atoms with Gasteiger partial charge in [-0.15, -0.1) is 24.0 Å². The molecule has 1 saturated heterocycles. The van der Waals surface area contributed by atoms with E-state index in [0.29, 0.717) is 11.8 Å². The molecule has 2 rings (SSSR count). The molecule has 1 aromatic carbocycles. The molecule has 0 radical (unpaired) electrons. The molecule has 0 aliphatic carbocycles. The van der Waals surface area contributed by atoms with E-state index in [1.54, 1.807) is 14.2 Å². The van der Waals surface area contributed by atoms with E-state index >= 15 is 0 Å². The Bertz CT molecular complexity index is 543. The Labute approximate surface area is 166 Å². The van der Waals surface area contributed by atoms with E-state index in [4.69, 9.17) is 9.47 Å². The van der Waals surface area contributed by atoms with Gasteiger partial charge in [0.1, 0.15) is 11.5 Å². The molecule has 1 heterocycles. The molecule has 1 N–H and O–H groups in total. The van der Waals surface area contributed by atoms with Gasteiger partial charge in [-0.3, -0.25) is 4.99 Å². The maximum absolute atomic E-state index is 5.46.